The molecule has 2 aromatic carbocycles. The van der Waals surface area contributed by atoms with Crippen molar-refractivity contribution >= 4 is 33.3 Å². The summed E-state index contributed by atoms with van der Waals surface area (Å²) in [6, 6.07) is 7.11. The summed E-state index contributed by atoms with van der Waals surface area (Å²) in [4.78, 5) is 24.4. The smallest absolute Gasteiger partial charge is 0.262 e. The van der Waals surface area contributed by atoms with Crippen molar-refractivity contribution in [1.29, 1.82) is 0 Å². The summed E-state index contributed by atoms with van der Waals surface area (Å²) < 4.78 is 56.7. The predicted molar refractivity (Wildman–Crippen MR) is 117 cm³/mol. The van der Waals surface area contributed by atoms with Gasteiger partial charge in [-0.25, -0.2) is 17.2 Å². The van der Waals surface area contributed by atoms with E-state index in [2.05, 4.69) is 15.1 Å². The van der Waals surface area contributed by atoms with Crippen LogP contribution in [-0.4, -0.2) is 30.0 Å². The van der Waals surface area contributed by atoms with Crippen LogP contribution in [0, 0.1) is 18.6 Å². The van der Waals surface area contributed by atoms with Crippen molar-refractivity contribution in [2.45, 2.75) is 38.0 Å². The van der Waals surface area contributed by atoms with Gasteiger partial charge in [0, 0.05) is 24.5 Å². The van der Waals surface area contributed by atoms with E-state index in [0.29, 0.717) is 34.9 Å². The van der Waals surface area contributed by atoms with E-state index in [0.717, 1.165) is 16.8 Å². The fourth-order valence-corrected chi connectivity index (χ4v) is 4.99. The molecule has 1 amide bonds. The first-order chi connectivity index (χ1) is 15.6. The minimum absolute atomic E-state index is 0.00376. The Morgan fingerprint density at radius 3 is 2.58 bits per heavy atom. The van der Waals surface area contributed by atoms with Crippen molar-refractivity contribution in [2.24, 2.45) is 0 Å². The minimum atomic E-state index is -4.26. The summed E-state index contributed by atoms with van der Waals surface area (Å²) in [6.45, 7) is 3.40. The number of hydrogen-bond acceptors (Lipinski definition) is 5. The van der Waals surface area contributed by atoms with E-state index in [1.165, 1.54) is 6.07 Å². The van der Waals surface area contributed by atoms with Gasteiger partial charge >= 0.3 is 0 Å². The van der Waals surface area contributed by atoms with Crippen molar-refractivity contribution in [3.63, 3.8) is 0 Å². The van der Waals surface area contributed by atoms with Crippen LogP contribution in [0.15, 0.2) is 41.3 Å². The average molecular weight is 474 g/mol. The molecule has 0 unspecified atom stereocenters. The summed E-state index contributed by atoms with van der Waals surface area (Å²) in [5, 5.41) is 7.02. The van der Waals surface area contributed by atoms with Crippen LogP contribution in [0.25, 0.3) is 11.1 Å². The van der Waals surface area contributed by atoms with Gasteiger partial charge in [-0.05, 0) is 42.7 Å². The quantitative estimate of drug-likeness (QED) is 0.583. The molecule has 1 aliphatic rings. The zero-order valence-corrected chi connectivity index (χ0v) is 18.6. The van der Waals surface area contributed by atoms with E-state index in [1.807, 2.05) is 6.92 Å². The number of anilines is 2. The van der Waals surface area contributed by atoms with Crippen LogP contribution in [0.2, 0.25) is 0 Å². The summed E-state index contributed by atoms with van der Waals surface area (Å²) in [5.74, 6) is -2.40. The molecule has 0 fully saturated rings. The number of aryl methyl sites for hydroxylation is 2. The number of aromatic nitrogens is 2. The predicted octanol–water partition coefficient (Wildman–Crippen LogP) is 3.87. The lowest BCUT2D eigenvalue weighted by atomic mass is 10.0. The summed E-state index contributed by atoms with van der Waals surface area (Å²) in [7, 11) is -4.26. The van der Waals surface area contributed by atoms with Gasteiger partial charge in [0.05, 0.1) is 16.3 Å². The largest absolute Gasteiger partial charge is 0.310 e. The molecule has 2 heterocycles. The van der Waals surface area contributed by atoms with Crippen LogP contribution in [-0.2, 0) is 21.2 Å². The second kappa shape index (κ2) is 8.39. The van der Waals surface area contributed by atoms with Gasteiger partial charge in [0.1, 0.15) is 17.5 Å². The molecule has 172 valence electrons. The molecular formula is C22H20F2N4O4S. The van der Waals surface area contributed by atoms with Gasteiger partial charge in [0.15, 0.2) is 0 Å². The highest BCUT2D eigenvalue weighted by Crippen LogP contribution is 2.36. The molecule has 33 heavy (non-hydrogen) atoms. The SMILES string of the molecule is CCc1nn2c(c1-c1ccc(C)c(S(=O)(=O)Nc3ccc(F)cc3F)c1)NC(=O)CCC2=O. The first kappa shape index (κ1) is 22.6. The highest BCUT2D eigenvalue weighted by atomic mass is 32.2. The number of benzene rings is 2. The normalized spacial score (nSPS) is 13.9. The van der Waals surface area contributed by atoms with Crippen LogP contribution in [0.5, 0.6) is 0 Å². The van der Waals surface area contributed by atoms with Gasteiger partial charge in [-0.3, -0.25) is 14.3 Å². The number of rotatable bonds is 5. The minimum Gasteiger partial charge on any atom is -0.310 e. The summed E-state index contributed by atoms with van der Waals surface area (Å²) in [5.41, 5.74) is 1.34. The average Bonchev–Trinajstić information content (AvgIpc) is 3.05. The lowest BCUT2D eigenvalue weighted by Crippen LogP contribution is -2.15. The van der Waals surface area contributed by atoms with Gasteiger partial charge in [0.2, 0.25) is 11.8 Å². The molecule has 1 aromatic heterocycles. The maximum absolute atomic E-state index is 14.0. The first-order valence-electron chi connectivity index (χ1n) is 10.1. The first-order valence-corrected chi connectivity index (χ1v) is 11.6. The van der Waals surface area contributed by atoms with E-state index in [-0.39, 0.29) is 35.4 Å². The lowest BCUT2D eigenvalue weighted by molar-refractivity contribution is -0.116. The Morgan fingerprint density at radius 2 is 1.88 bits per heavy atom. The molecule has 0 spiro atoms. The molecule has 3 aromatic rings. The standard InChI is InChI=1S/C22H20F2N4O4S/c1-3-16-21(22-25-19(29)8-9-20(30)28(22)26-16)13-5-4-12(2)18(10-13)33(31,32)27-17-7-6-14(23)11-15(17)24/h4-7,10-11,27H,3,8-9H2,1-2H3,(H,25,29). The maximum Gasteiger partial charge on any atom is 0.262 e. The van der Waals surface area contributed by atoms with E-state index >= 15 is 0 Å². The number of fused-ring (bicyclic) bond motifs is 1. The Morgan fingerprint density at radius 1 is 1.12 bits per heavy atom. The molecular weight excluding hydrogens is 454 g/mol. The highest BCUT2D eigenvalue weighted by molar-refractivity contribution is 7.92. The Bertz CT molecular complexity index is 1400. The zero-order chi connectivity index (χ0) is 23.9. The number of amides is 1. The van der Waals surface area contributed by atoms with E-state index < -0.39 is 27.3 Å². The van der Waals surface area contributed by atoms with Crippen LogP contribution >= 0.6 is 0 Å². The monoisotopic (exact) mass is 474 g/mol. The fraction of sp³-hybridized carbons (Fsp3) is 0.227. The molecule has 8 nitrogen and oxygen atoms in total. The fourth-order valence-electron chi connectivity index (χ4n) is 3.65. The molecule has 0 saturated heterocycles. The zero-order valence-electron chi connectivity index (χ0n) is 17.8. The molecule has 0 radical (unpaired) electrons. The van der Waals surface area contributed by atoms with Crippen LogP contribution < -0.4 is 10.0 Å². The topological polar surface area (TPSA) is 110 Å². The number of nitrogens with one attached hydrogen (secondary N) is 2. The molecule has 2 N–H and O–H groups in total. The lowest BCUT2D eigenvalue weighted by Gasteiger charge is -2.14. The van der Waals surface area contributed by atoms with E-state index in [1.54, 1.807) is 19.1 Å². The summed E-state index contributed by atoms with van der Waals surface area (Å²) >= 11 is 0. The Hall–Kier alpha value is -3.60. The molecule has 0 aliphatic carbocycles. The van der Waals surface area contributed by atoms with Crippen LogP contribution in [0.1, 0.15) is 35.8 Å². The number of hydrogen-bond donors (Lipinski definition) is 2. The third-order valence-electron chi connectivity index (χ3n) is 5.29. The number of carbonyl (C=O) groups excluding carboxylic acids is 2. The Kier molecular flexibility index (Phi) is 5.75. The Balaban J connectivity index is 1.83. The van der Waals surface area contributed by atoms with E-state index in [4.69, 9.17) is 0 Å². The Labute approximate surface area is 188 Å². The second-order valence-corrected chi connectivity index (χ2v) is 9.24. The molecule has 0 bridgehead atoms. The van der Waals surface area contributed by atoms with Gasteiger partial charge in [0.25, 0.3) is 10.0 Å². The van der Waals surface area contributed by atoms with Gasteiger partial charge in [-0.2, -0.15) is 9.78 Å². The van der Waals surface area contributed by atoms with Crippen molar-refractivity contribution in [3.05, 3.63) is 59.3 Å². The molecule has 0 atom stereocenters. The third kappa shape index (κ3) is 4.23. The summed E-state index contributed by atoms with van der Waals surface area (Å²) in [6.07, 6.45) is 0.445. The van der Waals surface area contributed by atoms with Crippen molar-refractivity contribution in [1.82, 2.24) is 9.78 Å². The molecule has 11 heteroatoms. The van der Waals surface area contributed by atoms with Gasteiger partial charge < -0.3 is 5.32 Å². The number of carbonyl (C=O) groups is 2. The van der Waals surface area contributed by atoms with Crippen LogP contribution in [0.3, 0.4) is 0 Å². The third-order valence-corrected chi connectivity index (χ3v) is 6.80. The van der Waals surface area contributed by atoms with Crippen molar-refractivity contribution in [2.75, 3.05) is 10.0 Å². The van der Waals surface area contributed by atoms with E-state index in [9.17, 15) is 26.8 Å². The molecule has 0 saturated carbocycles. The number of sulfonamides is 1. The maximum atomic E-state index is 14.0. The highest BCUT2D eigenvalue weighted by Gasteiger charge is 2.28. The molecule has 4 rings (SSSR count). The van der Waals surface area contributed by atoms with Gasteiger partial charge in [-0.15, -0.1) is 0 Å². The number of nitrogens with zero attached hydrogens (tertiary/aromatic N) is 2. The number of halogens is 2. The second-order valence-electron chi connectivity index (χ2n) is 7.59. The molecule has 1 aliphatic heterocycles. The van der Waals surface area contributed by atoms with Gasteiger partial charge in [-0.1, -0.05) is 19.1 Å². The van der Waals surface area contributed by atoms with Crippen molar-refractivity contribution in [3.8, 4) is 11.1 Å². The van der Waals surface area contributed by atoms with Crippen molar-refractivity contribution < 1.29 is 26.8 Å². The van der Waals surface area contributed by atoms with Crippen LogP contribution in [0.4, 0.5) is 20.3 Å².